The second kappa shape index (κ2) is 6.43. The predicted octanol–water partition coefficient (Wildman–Crippen LogP) is 1.10. The van der Waals surface area contributed by atoms with E-state index >= 15 is 0 Å². The van der Waals surface area contributed by atoms with E-state index in [2.05, 4.69) is 16.3 Å². The number of rotatable bonds is 5. The van der Waals surface area contributed by atoms with Crippen molar-refractivity contribution < 1.29 is 5.11 Å². The maximum Gasteiger partial charge on any atom is 0.292 e. The van der Waals surface area contributed by atoms with Gasteiger partial charge in [-0.2, -0.15) is 5.10 Å². The Kier molecular flexibility index (Phi) is 5.20. The summed E-state index contributed by atoms with van der Waals surface area (Å²) in [6.07, 6.45) is 6.57. The fraction of sp³-hybridized carbons (Fsp3) is 0.500. The Morgan fingerprint density at radius 2 is 2.33 bits per heavy atom. The lowest BCUT2D eigenvalue weighted by molar-refractivity contribution is 0.179. The first-order valence-electron chi connectivity index (χ1n) is 5.59. The number of halogens is 1. The van der Waals surface area contributed by atoms with Crippen molar-refractivity contribution in [2.45, 2.75) is 39.0 Å². The smallest absolute Gasteiger partial charge is 0.292 e. The van der Waals surface area contributed by atoms with Crippen LogP contribution in [-0.4, -0.2) is 27.0 Å². The number of aromatic nitrogens is 2. The Labute approximate surface area is 111 Å². The van der Waals surface area contributed by atoms with E-state index in [9.17, 15) is 9.90 Å². The Morgan fingerprint density at radius 3 is 2.89 bits per heavy atom. The topological polar surface area (TPSA) is 67.2 Å². The molecule has 5 nitrogen and oxygen atoms in total. The summed E-state index contributed by atoms with van der Waals surface area (Å²) in [5.74, 6) is 2.35. The number of aliphatic hydroxyl groups is 1. The quantitative estimate of drug-likeness (QED) is 0.786. The first-order chi connectivity index (χ1) is 8.45. The van der Waals surface area contributed by atoms with E-state index in [1.165, 1.54) is 6.20 Å². The molecule has 0 aromatic carbocycles. The molecule has 0 aliphatic rings. The van der Waals surface area contributed by atoms with Crippen LogP contribution in [0.25, 0.3) is 0 Å². The minimum atomic E-state index is -0.457. The molecular weight excluding hydrogens is 254 g/mol. The number of hydrogen-bond acceptors (Lipinski definition) is 4. The summed E-state index contributed by atoms with van der Waals surface area (Å²) in [7, 11) is 0. The second-order valence-electron chi connectivity index (χ2n) is 4.16. The number of nitrogens with one attached hydrogen (secondary N) is 1. The van der Waals surface area contributed by atoms with Gasteiger partial charge in [-0.25, -0.2) is 4.68 Å². The number of aliphatic hydroxyl groups excluding tert-OH is 1. The third-order valence-electron chi connectivity index (χ3n) is 2.32. The molecule has 1 aromatic heterocycles. The van der Waals surface area contributed by atoms with Gasteiger partial charge in [0.1, 0.15) is 12.2 Å². The fourth-order valence-corrected chi connectivity index (χ4v) is 1.79. The van der Waals surface area contributed by atoms with Gasteiger partial charge in [0.05, 0.1) is 17.3 Å². The van der Waals surface area contributed by atoms with Crippen LogP contribution in [0, 0.1) is 12.3 Å². The standard InChI is InChI=1S/C12H16ClN3O2/c1-4-5-16-12(18)11(10(13)7-14-16)15-8(2)6-9(3)17/h1,7-9,15,17H,5-6H2,2-3H3. The van der Waals surface area contributed by atoms with E-state index < -0.39 is 6.10 Å². The Hall–Kier alpha value is -1.51. The molecule has 0 saturated carbocycles. The average Bonchev–Trinajstić information content (AvgIpc) is 2.27. The Morgan fingerprint density at radius 1 is 1.67 bits per heavy atom. The largest absolute Gasteiger partial charge is 0.393 e. The van der Waals surface area contributed by atoms with Crippen molar-refractivity contribution in [3.63, 3.8) is 0 Å². The summed E-state index contributed by atoms with van der Waals surface area (Å²) in [4.78, 5) is 12.0. The van der Waals surface area contributed by atoms with Crippen LogP contribution < -0.4 is 10.9 Å². The summed E-state index contributed by atoms with van der Waals surface area (Å²) in [5.41, 5.74) is -0.104. The maximum absolute atomic E-state index is 12.0. The number of terminal acetylenes is 1. The molecule has 0 aliphatic heterocycles. The lowest BCUT2D eigenvalue weighted by atomic mass is 10.1. The SMILES string of the molecule is C#CCn1ncc(Cl)c(NC(C)CC(C)O)c1=O. The molecule has 0 radical (unpaired) electrons. The summed E-state index contributed by atoms with van der Waals surface area (Å²) in [5, 5.41) is 16.3. The summed E-state index contributed by atoms with van der Waals surface area (Å²) in [6, 6.07) is -0.0862. The molecule has 1 aromatic rings. The highest BCUT2D eigenvalue weighted by Gasteiger charge is 2.13. The molecule has 98 valence electrons. The van der Waals surface area contributed by atoms with Crippen molar-refractivity contribution in [1.82, 2.24) is 9.78 Å². The van der Waals surface area contributed by atoms with Crippen molar-refractivity contribution in [3.8, 4) is 12.3 Å². The normalized spacial score (nSPS) is 13.7. The molecule has 0 aliphatic carbocycles. The third-order valence-corrected chi connectivity index (χ3v) is 2.61. The first kappa shape index (κ1) is 14.6. The molecule has 0 amide bonds. The third kappa shape index (κ3) is 3.76. The summed E-state index contributed by atoms with van der Waals surface area (Å²) in [6.45, 7) is 3.63. The Balaban J connectivity index is 2.98. The fourth-order valence-electron chi connectivity index (χ4n) is 1.62. The summed E-state index contributed by atoms with van der Waals surface area (Å²) >= 11 is 5.93. The highest BCUT2D eigenvalue weighted by Crippen LogP contribution is 2.17. The van der Waals surface area contributed by atoms with Crippen molar-refractivity contribution in [2.24, 2.45) is 0 Å². The molecule has 0 fully saturated rings. The van der Waals surface area contributed by atoms with Gasteiger partial charge in [0, 0.05) is 6.04 Å². The molecule has 2 N–H and O–H groups in total. The van der Waals surface area contributed by atoms with Gasteiger partial charge >= 0.3 is 0 Å². The highest BCUT2D eigenvalue weighted by molar-refractivity contribution is 6.33. The van der Waals surface area contributed by atoms with Crippen LogP contribution in [0.2, 0.25) is 5.02 Å². The zero-order valence-electron chi connectivity index (χ0n) is 10.4. The van der Waals surface area contributed by atoms with Gasteiger partial charge in [-0.1, -0.05) is 17.5 Å². The first-order valence-corrected chi connectivity index (χ1v) is 5.97. The molecule has 0 spiro atoms. The van der Waals surface area contributed by atoms with Gasteiger partial charge < -0.3 is 10.4 Å². The van der Waals surface area contributed by atoms with Crippen LogP contribution in [0.5, 0.6) is 0 Å². The number of anilines is 1. The van der Waals surface area contributed by atoms with Gasteiger partial charge in [0.2, 0.25) is 0 Å². The van der Waals surface area contributed by atoms with E-state index in [-0.39, 0.29) is 28.9 Å². The zero-order chi connectivity index (χ0) is 13.7. The van der Waals surface area contributed by atoms with Gasteiger partial charge in [-0.15, -0.1) is 6.42 Å². The van der Waals surface area contributed by atoms with Gasteiger partial charge in [-0.05, 0) is 20.3 Å². The van der Waals surface area contributed by atoms with E-state index in [4.69, 9.17) is 18.0 Å². The van der Waals surface area contributed by atoms with Crippen molar-refractivity contribution in [1.29, 1.82) is 0 Å². The molecule has 18 heavy (non-hydrogen) atoms. The average molecular weight is 270 g/mol. The molecule has 0 bridgehead atoms. The minimum absolute atomic E-state index is 0.0862. The van der Waals surface area contributed by atoms with Crippen molar-refractivity contribution in [3.05, 3.63) is 21.6 Å². The summed E-state index contributed by atoms with van der Waals surface area (Å²) < 4.78 is 1.16. The van der Waals surface area contributed by atoms with Crippen LogP contribution in [-0.2, 0) is 6.54 Å². The molecular formula is C12H16ClN3O2. The second-order valence-corrected chi connectivity index (χ2v) is 4.57. The van der Waals surface area contributed by atoms with E-state index in [0.717, 1.165) is 4.68 Å². The van der Waals surface area contributed by atoms with Gasteiger partial charge in [0.15, 0.2) is 0 Å². The Bertz CT molecular complexity index is 505. The number of hydrogen-bond donors (Lipinski definition) is 2. The van der Waals surface area contributed by atoms with E-state index in [1.54, 1.807) is 6.92 Å². The lowest BCUT2D eigenvalue weighted by Gasteiger charge is -2.17. The van der Waals surface area contributed by atoms with E-state index in [0.29, 0.717) is 6.42 Å². The van der Waals surface area contributed by atoms with Crippen molar-refractivity contribution in [2.75, 3.05) is 5.32 Å². The predicted molar refractivity (Wildman–Crippen MR) is 71.7 cm³/mol. The van der Waals surface area contributed by atoms with Gasteiger partial charge in [0.25, 0.3) is 5.56 Å². The van der Waals surface area contributed by atoms with E-state index in [1.807, 2.05) is 6.92 Å². The highest BCUT2D eigenvalue weighted by atomic mass is 35.5. The van der Waals surface area contributed by atoms with Crippen LogP contribution >= 0.6 is 11.6 Å². The molecule has 2 atom stereocenters. The molecule has 1 heterocycles. The minimum Gasteiger partial charge on any atom is -0.393 e. The molecule has 2 unspecified atom stereocenters. The molecule has 1 rings (SSSR count). The zero-order valence-corrected chi connectivity index (χ0v) is 11.1. The number of nitrogens with zero attached hydrogens (tertiary/aromatic N) is 2. The monoisotopic (exact) mass is 269 g/mol. The van der Waals surface area contributed by atoms with Gasteiger partial charge in [-0.3, -0.25) is 4.79 Å². The van der Waals surface area contributed by atoms with Crippen LogP contribution in [0.15, 0.2) is 11.0 Å². The van der Waals surface area contributed by atoms with Crippen LogP contribution in [0.4, 0.5) is 5.69 Å². The van der Waals surface area contributed by atoms with Crippen LogP contribution in [0.3, 0.4) is 0 Å². The lowest BCUT2D eigenvalue weighted by Crippen LogP contribution is -2.30. The maximum atomic E-state index is 12.0. The van der Waals surface area contributed by atoms with Crippen LogP contribution in [0.1, 0.15) is 20.3 Å². The molecule has 0 saturated heterocycles. The van der Waals surface area contributed by atoms with Crippen molar-refractivity contribution >= 4 is 17.3 Å². The molecule has 6 heteroatoms.